The molecule has 1 heterocycles. The van der Waals surface area contributed by atoms with Crippen molar-refractivity contribution in [2.75, 3.05) is 11.9 Å². The SMILES string of the molecule is CC(C)(C)CC(O)CNc1ncccc1[N+](=O)[O-]. The van der Waals surface area contributed by atoms with Crippen LogP contribution in [0, 0.1) is 15.5 Å². The van der Waals surface area contributed by atoms with Crippen LogP contribution in [0.1, 0.15) is 27.2 Å². The second-order valence-corrected chi connectivity index (χ2v) is 5.43. The summed E-state index contributed by atoms with van der Waals surface area (Å²) in [6.45, 7) is 6.33. The van der Waals surface area contributed by atoms with Crippen LogP contribution in [0.3, 0.4) is 0 Å². The number of rotatable bonds is 5. The van der Waals surface area contributed by atoms with Crippen molar-refractivity contribution in [2.45, 2.75) is 33.3 Å². The van der Waals surface area contributed by atoms with E-state index in [1.54, 1.807) is 0 Å². The molecular formula is C12H19N3O3. The molecule has 1 rings (SSSR count). The third-order valence-electron chi connectivity index (χ3n) is 2.34. The summed E-state index contributed by atoms with van der Waals surface area (Å²) in [7, 11) is 0. The number of pyridine rings is 1. The van der Waals surface area contributed by atoms with Gasteiger partial charge in [-0.05, 0) is 17.9 Å². The predicted molar refractivity (Wildman–Crippen MR) is 69.5 cm³/mol. The van der Waals surface area contributed by atoms with Crippen molar-refractivity contribution in [1.82, 2.24) is 4.98 Å². The molecule has 0 aliphatic carbocycles. The number of aliphatic hydroxyl groups is 1. The Kier molecular flexibility index (Phi) is 4.61. The molecule has 1 atom stereocenters. The van der Waals surface area contributed by atoms with Gasteiger partial charge in [0.1, 0.15) is 0 Å². The van der Waals surface area contributed by atoms with Crippen molar-refractivity contribution in [3.05, 3.63) is 28.4 Å². The van der Waals surface area contributed by atoms with Gasteiger partial charge in [0, 0.05) is 18.8 Å². The van der Waals surface area contributed by atoms with Crippen molar-refractivity contribution in [2.24, 2.45) is 5.41 Å². The second kappa shape index (κ2) is 5.77. The van der Waals surface area contributed by atoms with E-state index in [2.05, 4.69) is 10.3 Å². The molecule has 100 valence electrons. The molecule has 1 aromatic heterocycles. The molecule has 18 heavy (non-hydrogen) atoms. The highest BCUT2D eigenvalue weighted by Crippen LogP contribution is 2.23. The summed E-state index contributed by atoms with van der Waals surface area (Å²) < 4.78 is 0. The second-order valence-electron chi connectivity index (χ2n) is 5.43. The minimum atomic E-state index is -0.563. The van der Waals surface area contributed by atoms with Gasteiger partial charge in [0.05, 0.1) is 11.0 Å². The zero-order valence-electron chi connectivity index (χ0n) is 10.9. The lowest BCUT2D eigenvalue weighted by molar-refractivity contribution is -0.384. The zero-order valence-corrected chi connectivity index (χ0v) is 10.9. The van der Waals surface area contributed by atoms with Crippen LogP contribution in [-0.4, -0.2) is 27.7 Å². The molecule has 0 amide bonds. The minimum absolute atomic E-state index is 0.0111. The number of nitro groups is 1. The van der Waals surface area contributed by atoms with Crippen molar-refractivity contribution >= 4 is 11.5 Å². The number of nitrogens with one attached hydrogen (secondary N) is 1. The highest BCUT2D eigenvalue weighted by molar-refractivity contribution is 5.55. The number of hydrogen-bond donors (Lipinski definition) is 2. The van der Waals surface area contributed by atoms with Crippen molar-refractivity contribution < 1.29 is 10.0 Å². The van der Waals surface area contributed by atoms with Gasteiger partial charge in [-0.15, -0.1) is 0 Å². The fourth-order valence-electron chi connectivity index (χ4n) is 1.67. The Hall–Kier alpha value is -1.69. The molecule has 2 N–H and O–H groups in total. The summed E-state index contributed by atoms with van der Waals surface area (Å²) in [5, 5.41) is 23.4. The van der Waals surface area contributed by atoms with Crippen molar-refractivity contribution in [3.63, 3.8) is 0 Å². The molecule has 0 saturated carbocycles. The maximum atomic E-state index is 10.8. The molecule has 6 nitrogen and oxygen atoms in total. The summed E-state index contributed by atoms with van der Waals surface area (Å²) >= 11 is 0. The van der Waals surface area contributed by atoms with Crippen LogP contribution in [0.5, 0.6) is 0 Å². The van der Waals surface area contributed by atoms with Crippen LogP contribution in [0.4, 0.5) is 11.5 Å². The third-order valence-corrected chi connectivity index (χ3v) is 2.34. The summed E-state index contributed by atoms with van der Waals surface area (Å²) in [5.41, 5.74) is -0.0719. The van der Waals surface area contributed by atoms with E-state index in [0.717, 1.165) is 0 Å². The van der Waals surface area contributed by atoms with Gasteiger partial charge in [0.15, 0.2) is 0 Å². The summed E-state index contributed by atoms with van der Waals surface area (Å²) in [4.78, 5) is 14.2. The van der Waals surface area contributed by atoms with E-state index >= 15 is 0 Å². The average Bonchev–Trinajstić information content (AvgIpc) is 2.24. The monoisotopic (exact) mass is 253 g/mol. The zero-order chi connectivity index (χ0) is 13.8. The first-order chi connectivity index (χ1) is 8.29. The molecule has 0 aromatic carbocycles. The molecule has 0 bridgehead atoms. The number of anilines is 1. The van der Waals surface area contributed by atoms with Gasteiger partial charge in [-0.1, -0.05) is 20.8 Å². The summed E-state index contributed by atoms with van der Waals surface area (Å²) in [6.07, 6.45) is 1.53. The Labute approximate surface area is 106 Å². The van der Waals surface area contributed by atoms with Gasteiger partial charge in [-0.2, -0.15) is 0 Å². The molecule has 6 heteroatoms. The van der Waals surface area contributed by atoms with Gasteiger partial charge in [0.2, 0.25) is 5.82 Å². The van der Waals surface area contributed by atoms with E-state index in [1.807, 2.05) is 20.8 Å². The lowest BCUT2D eigenvalue weighted by atomic mass is 9.89. The Morgan fingerprint density at radius 2 is 2.22 bits per heavy atom. The molecule has 0 saturated heterocycles. The highest BCUT2D eigenvalue weighted by atomic mass is 16.6. The van der Waals surface area contributed by atoms with Gasteiger partial charge >= 0.3 is 5.69 Å². The summed E-state index contributed by atoms with van der Waals surface area (Å²) in [6, 6.07) is 2.89. The van der Waals surface area contributed by atoms with Gasteiger partial charge in [0.25, 0.3) is 0 Å². The van der Waals surface area contributed by atoms with Crippen LogP contribution < -0.4 is 5.32 Å². The quantitative estimate of drug-likeness (QED) is 0.620. The molecule has 0 spiro atoms. The highest BCUT2D eigenvalue weighted by Gasteiger charge is 2.18. The normalized spacial score (nSPS) is 13.1. The largest absolute Gasteiger partial charge is 0.391 e. The number of aromatic nitrogens is 1. The molecule has 1 aromatic rings. The number of nitrogens with zero attached hydrogens (tertiary/aromatic N) is 2. The maximum Gasteiger partial charge on any atom is 0.311 e. The minimum Gasteiger partial charge on any atom is -0.391 e. The number of aliphatic hydroxyl groups excluding tert-OH is 1. The van der Waals surface area contributed by atoms with E-state index in [4.69, 9.17) is 0 Å². The topological polar surface area (TPSA) is 88.3 Å². The fourth-order valence-corrected chi connectivity index (χ4v) is 1.67. The third kappa shape index (κ3) is 4.67. The summed E-state index contributed by atoms with van der Waals surface area (Å²) in [5.74, 6) is 0.190. The average molecular weight is 253 g/mol. The van der Waals surface area contributed by atoms with E-state index < -0.39 is 11.0 Å². The Balaban J connectivity index is 2.61. The maximum absolute atomic E-state index is 10.8. The molecule has 0 aliphatic rings. The fraction of sp³-hybridized carbons (Fsp3) is 0.583. The van der Waals surface area contributed by atoms with Crippen molar-refractivity contribution in [1.29, 1.82) is 0 Å². The molecule has 0 aliphatic heterocycles. The smallest absolute Gasteiger partial charge is 0.311 e. The lowest BCUT2D eigenvalue weighted by Crippen LogP contribution is -2.25. The Morgan fingerprint density at radius 3 is 2.78 bits per heavy atom. The first kappa shape index (κ1) is 14.4. The van der Waals surface area contributed by atoms with Crippen LogP contribution in [0.25, 0.3) is 0 Å². The molecular weight excluding hydrogens is 234 g/mol. The van der Waals surface area contributed by atoms with E-state index in [9.17, 15) is 15.2 Å². The van der Waals surface area contributed by atoms with Crippen LogP contribution in [0.2, 0.25) is 0 Å². The molecule has 0 radical (unpaired) electrons. The van der Waals surface area contributed by atoms with Gasteiger partial charge in [-0.3, -0.25) is 10.1 Å². The van der Waals surface area contributed by atoms with Crippen LogP contribution in [-0.2, 0) is 0 Å². The standard InChI is InChI=1S/C12H19N3O3/c1-12(2,3)7-9(16)8-14-11-10(15(17)18)5-4-6-13-11/h4-6,9,16H,7-8H2,1-3H3,(H,13,14). The number of hydrogen-bond acceptors (Lipinski definition) is 5. The van der Waals surface area contributed by atoms with Crippen LogP contribution >= 0.6 is 0 Å². The van der Waals surface area contributed by atoms with E-state index in [1.165, 1.54) is 18.3 Å². The van der Waals surface area contributed by atoms with Crippen LogP contribution in [0.15, 0.2) is 18.3 Å². The van der Waals surface area contributed by atoms with Crippen molar-refractivity contribution in [3.8, 4) is 0 Å². The van der Waals surface area contributed by atoms with Gasteiger partial charge < -0.3 is 10.4 Å². The first-order valence-corrected chi connectivity index (χ1v) is 5.81. The lowest BCUT2D eigenvalue weighted by Gasteiger charge is -2.22. The molecule has 0 fully saturated rings. The van der Waals surface area contributed by atoms with Gasteiger partial charge in [-0.25, -0.2) is 4.98 Å². The Bertz CT molecular complexity index is 415. The van der Waals surface area contributed by atoms with E-state index in [0.29, 0.717) is 6.42 Å². The first-order valence-electron chi connectivity index (χ1n) is 5.81. The Morgan fingerprint density at radius 1 is 1.56 bits per heavy atom. The van der Waals surface area contributed by atoms with E-state index in [-0.39, 0.29) is 23.5 Å². The predicted octanol–water partition coefficient (Wildman–Crippen LogP) is 2.20. The molecule has 1 unspecified atom stereocenters.